The summed E-state index contributed by atoms with van der Waals surface area (Å²) in [5, 5.41) is 12.1. The van der Waals surface area contributed by atoms with Crippen LogP contribution >= 0.6 is 0 Å². The van der Waals surface area contributed by atoms with Gasteiger partial charge in [-0.05, 0) is 32.0 Å². The maximum absolute atomic E-state index is 13.1. The van der Waals surface area contributed by atoms with Gasteiger partial charge in [0.2, 0.25) is 0 Å². The van der Waals surface area contributed by atoms with Gasteiger partial charge in [-0.1, -0.05) is 36.4 Å². The summed E-state index contributed by atoms with van der Waals surface area (Å²) in [5.41, 5.74) is -0.939. The third-order valence-corrected chi connectivity index (χ3v) is 4.39. The number of carbonyl (C=O) groups is 2. The average molecular weight is 364 g/mol. The van der Waals surface area contributed by atoms with Gasteiger partial charge in [-0.2, -0.15) is 0 Å². The molecular formula is C20H16N2O5. The van der Waals surface area contributed by atoms with Gasteiger partial charge >= 0.3 is 11.2 Å². The van der Waals surface area contributed by atoms with E-state index in [0.29, 0.717) is 16.6 Å². The molecule has 3 rings (SSSR count). The SMILES string of the molecule is CC(=O)C(C(C)=O)c1c([N+](=O)[O-])c(=O)n(-c2ccccc2)c2ccccc12. The van der Waals surface area contributed by atoms with Crippen LogP contribution in [0.15, 0.2) is 59.4 Å². The van der Waals surface area contributed by atoms with Crippen LogP contribution in [0.2, 0.25) is 0 Å². The molecule has 0 spiro atoms. The van der Waals surface area contributed by atoms with Gasteiger partial charge in [0.05, 0.1) is 16.0 Å². The molecule has 27 heavy (non-hydrogen) atoms. The Morgan fingerprint density at radius 3 is 2.07 bits per heavy atom. The first-order valence-electron chi connectivity index (χ1n) is 8.23. The van der Waals surface area contributed by atoms with Gasteiger partial charge in [-0.15, -0.1) is 0 Å². The number of carbonyl (C=O) groups excluding carboxylic acids is 2. The lowest BCUT2D eigenvalue weighted by Crippen LogP contribution is -2.28. The summed E-state index contributed by atoms with van der Waals surface area (Å²) in [7, 11) is 0. The van der Waals surface area contributed by atoms with E-state index >= 15 is 0 Å². The van der Waals surface area contributed by atoms with Gasteiger partial charge < -0.3 is 0 Å². The summed E-state index contributed by atoms with van der Waals surface area (Å²) >= 11 is 0. The Morgan fingerprint density at radius 2 is 1.52 bits per heavy atom. The first-order valence-corrected chi connectivity index (χ1v) is 8.23. The molecule has 0 N–H and O–H groups in total. The van der Waals surface area contributed by atoms with Gasteiger partial charge in [0.1, 0.15) is 17.5 Å². The van der Waals surface area contributed by atoms with E-state index in [9.17, 15) is 24.5 Å². The number of hydrogen-bond acceptors (Lipinski definition) is 5. The van der Waals surface area contributed by atoms with Crippen LogP contribution in [0.1, 0.15) is 25.3 Å². The maximum atomic E-state index is 13.1. The van der Waals surface area contributed by atoms with Crippen molar-refractivity contribution in [2.75, 3.05) is 0 Å². The highest BCUT2D eigenvalue weighted by Gasteiger charge is 2.35. The van der Waals surface area contributed by atoms with Gasteiger partial charge in [0.25, 0.3) is 0 Å². The zero-order valence-corrected chi connectivity index (χ0v) is 14.7. The van der Waals surface area contributed by atoms with Crippen LogP contribution in [-0.2, 0) is 9.59 Å². The molecule has 136 valence electrons. The molecule has 0 unspecified atom stereocenters. The van der Waals surface area contributed by atoms with E-state index in [0.717, 1.165) is 0 Å². The topological polar surface area (TPSA) is 99.3 Å². The van der Waals surface area contributed by atoms with E-state index in [1.165, 1.54) is 18.4 Å². The summed E-state index contributed by atoms with van der Waals surface area (Å²) in [6.07, 6.45) is 0. The van der Waals surface area contributed by atoms with Crippen LogP contribution < -0.4 is 5.56 Å². The first kappa shape index (κ1) is 18.2. The maximum Gasteiger partial charge on any atom is 0.339 e. The lowest BCUT2D eigenvalue weighted by molar-refractivity contribution is -0.387. The molecule has 7 heteroatoms. The second-order valence-electron chi connectivity index (χ2n) is 6.17. The minimum absolute atomic E-state index is 0.146. The number of nitro groups is 1. The molecule has 0 saturated heterocycles. The number of Topliss-reactive ketones (excluding diaryl/α,β-unsaturated/α-hetero) is 2. The Morgan fingerprint density at radius 1 is 0.963 bits per heavy atom. The number of rotatable bonds is 5. The fraction of sp³-hybridized carbons (Fsp3) is 0.150. The number of para-hydroxylation sites is 2. The van der Waals surface area contributed by atoms with Gasteiger partial charge in [0.15, 0.2) is 0 Å². The Labute approximate surface area is 154 Å². The standard InChI is InChI=1S/C20H16N2O5/c1-12(23)17(13(2)24)18-15-10-6-7-11-16(15)21(14-8-4-3-5-9-14)20(25)19(18)22(26)27/h3-11,17H,1-2H3. The molecule has 0 aliphatic rings. The molecule has 0 aliphatic carbocycles. The number of aromatic nitrogens is 1. The molecular weight excluding hydrogens is 348 g/mol. The summed E-state index contributed by atoms with van der Waals surface area (Å²) in [6, 6.07) is 15.1. The minimum atomic E-state index is -1.37. The fourth-order valence-corrected chi connectivity index (χ4v) is 3.35. The number of pyridine rings is 1. The molecule has 0 atom stereocenters. The zero-order chi connectivity index (χ0) is 19.7. The van der Waals surface area contributed by atoms with Crippen LogP contribution in [0.25, 0.3) is 16.6 Å². The highest BCUT2D eigenvalue weighted by atomic mass is 16.6. The number of hydrogen-bond donors (Lipinski definition) is 0. The van der Waals surface area contributed by atoms with Crippen molar-refractivity contribution in [1.29, 1.82) is 0 Å². The monoisotopic (exact) mass is 364 g/mol. The van der Waals surface area contributed by atoms with Crippen molar-refractivity contribution in [2.24, 2.45) is 0 Å². The minimum Gasteiger partial charge on any atom is -0.299 e. The van der Waals surface area contributed by atoms with Crippen LogP contribution in [0.5, 0.6) is 0 Å². The van der Waals surface area contributed by atoms with E-state index in [2.05, 4.69) is 0 Å². The Kier molecular flexibility index (Phi) is 4.68. The molecule has 0 saturated carbocycles. The summed E-state index contributed by atoms with van der Waals surface area (Å²) in [5.74, 6) is -2.46. The van der Waals surface area contributed by atoms with Gasteiger partial charge in [-0.25, -0.2) is 0 Å². The number of benzene rings is 2. The normalized spacial score (nSPS) is 10.9. The quantitative estimate of drug-likeness (QED) is 0.393. The molecule has 0 radical (unpaired) electrons. The lowest BCUT2D eigenvalue weighted by atomic mass is 9.88. The predicted octanol–water partition coefficient (Wildman–Crippen LogP) is 3.16. The molecule has 1 heterocycles. The highest BCUT2D eigenvalue weighted by Crippen LogP contribution is 2.33. The highest BCUT2D eigenvalue weighted by molar-refractivity contribution is 6.09. The third kappa shape index (κ3) is 3.03. The average Bonchev–Trinajstić information content (AvgIpc) is 2.61. The van der Waals surface area contributed by atoms with Crippen molar-refractivity contribution in [3.8, 4) is 5.69 Å². The Balaban J connectivity index is 2.58. The van der Waals surface area contributed by atoms with E-state index in [-0.39, 0.29) is 5.56 Å². The molecule has 0 fully saturated rings. The fourth-order valence-electron chi connectivity index (χ4n) is 3.35. The molecule has 0 bridgehead atoms. The largest absolute Gasteiger partial charge is 0.339 e. The predicted molar refractivity (Wildman–Crippen MR) is 100 cm³/mol. The Bertz CT molecular complexity index is 1120. The zero-order valence-electron chi connectivity index (χ0n) is 14.7. The van der Waals surface area contributed by atoms with Crippen LogP contribution in [0.3, 0.4) is 0 Å². The van der Waals surface area contributed by atoms with Gasteiger partial charge in [0, 0.05) is 11.1 Å². The van der Waals surface area contributed by atoms with E-state index in [4.69, 9.17) is 0 Å². The van der Waals surface area contributed by atoms with E-state index in [1.54, 1.807) is 54.6 Å². The van der Waals surface area contributed by atoms with Crippen molar-refractivity contribution < 1.29 is 14.5 Å². The van der Waals surface area contributed by atoms with Crippen molar-refractivity contribution in [1.82, 2.24) is 4.57 Å². The number of fused-ring (bicyclic) bond motifs is 1. The van der Waals surface area contributed by atoms with Crippen molar-refractivity contribution >= 4 is 28.2 Å². The van der Waals surface area contributed by atoms with Crippen LogP contribution in [0.4, 0.5) is 5.69 Å². The molecule has 7 nitrogen and oxygen atoms in total. The lowest BCUT2D eigenvalue weighted by Gasteiger charge is -2.17. The number of nitrogens with zero attached hydrogens (tertiary/aromatic N) is 2. The summed E-state index contributed by atoms with van der Waals surface area (Å²) in [6.45, 7) is 2.38. The number of ketones is 2. The molecule has 0 amide bonds. The van der Waals surface area contributed by atoms with E-state index in [1.807, 2.05) is 0 Å². The third-order valence-electron chi connectivity index (χ3n) is 4.39. The summed E-state index contributed by atoms with van der Waals surface area (Å²) < 4.78 is 1.23. The molecule has 2 aromatic carbocycles. The summed E-state index contributed by atoms with van der Waals surface area (Å²) in [4.78, 5) is 48.3. The second kappa shape index (κ2) is 6.95. The van der Waals surface area contributed by atoms with Gasteiger partial charge in [-0.3, -0.25) is 29.1 Å². The first-order chi connectivity index (χ1) is 12.8. The second-order valence-corrected chi connectivity index (χ2v) is 6.17. The van der Waals surface area contributed by atoms with Crippen LogP contribution in [0, 0.1) is 10.1 Å². The van der Waals surface area contributed by atoms with Crippen molar-refractivity contribution in [3.05, 3.63) is 80.6 Å². The van der Waals surface area contributed by atoms with Crippen LogP contribution in [-0.4, -0.2) is 21.1 Å². The molecule has 1 aromatic heterocycles. The molecule has 0 aliphatic heterocycles. The molecule has 3 aromatic rings. The van der Waals surface area contributed by atoms with E-state index < -0.39 is 33.7 Å². The Hall–Kier alpha value is -3.61. The van der Waals surface area contributed by atoms with Crippen molar-refractivity contribution in [3.63, 3.8) is 0 Å². The van der Waals surface area contributed by atoms with Crippen molar-refractivity contribution in [2.45, 2.75) is 19.8 Å². The smallest absolute Gasteiger partial charge is 0.299 e.